The van der Waals surface area contributed by atoms with Gasteiger partial charge in [0.1, 0.15) is 10.7 Å². The lowest BCUT2D eigenvalue weighted by atomic mass is 9.75. The molecular formula is C24H24N4O3S. The van der Waals surface area contributed by atoms with Crippen molar-refractivity contribution in [1.82, 2.24) is 19.8 Å². The highest BCUT2D eigenvalue weighted by atomic mass is 32.1. The Bertz CT molecular complexity index is 1270. The molecule has 1 aromatic carbocycles. The fourth-order valence-corrected chi connectivity index (χ4v) is 5.45. The molecule has 32 heavy (non-hydrogen) atoms. The minimum Gasteiger partial charge on any atom is -0.348 e. The van der Waals surface area contributed by atoms with E-state index >= 15 is 0 Å². The van der Waals surface area contributed by atoms with Crippen LogP contribution in [0, 0.1) is 0 Å². The fraction of sp³-hybridized carbons (Fsp3) is 0.333. The Hall–Kier alpha value is -3.26. The number of rotatable bonds is 6. The van der Waals surface area contributed by atoms with E-state index in [1.807, 2.05) is 29.6 Å². The van der Waals surface area contributed by atoms with E-state index in [2.05, 4.69) is 21.4 Å². The van der Waals surface area contributed by atoms with Crippen molar-refractivity contribution < 1.29 is 14.4 Å². The summed E-state index contributed by atoms with van der Waals surface area (Å²) < 4.78 is 2.16. The molecule has 0 unspecified atom stereocenters. The molecular weight excluding hydrogens is 424 g/mol. The first-order valence-corrected chi connectivity index (χ1v) is 11.6. The number of likely N-dealkylation sites (N-methyl/N-ethyl adjacent to an activating group) is 1. The van der Waals surface area contributed by atoms with Gasteiger partial charge < -0.3 is 14.8 Å². The Labute approximate surface area is 189 Å². The van der Waals surface area contributed by atoms with Crippen LogP contribution in [0.5, 0.6) is 0 Å². The maximum Gasteiger partial charge on any atom is 0.268 e. The number of aromatic nitrogens is 2. The van der Waals surface area contributed by atoms with E-state index in [0.717, 1.165) is 40.9 Å². The number of thiazole rings is 1. The normalized spacial score (nSPS) is 16.3. The second-order valence-corrected chi connectivity index (χ2v) is 9.57. The van der Waals surface area contributed by atoms with Gasteiger partial charge in [-0.1, -0.05) is 18.7 Å². The molecule has 1 aliphatic carbocycles. The summed E-state index contributed by atoms with van der Waals surface area (Å²) in [7, 11) is 1.69. The fourth-order valence-electron chi connectivity index (χ4n) is 4.67. The molecule has 2 aliphatic rings. The summed E-state index contributed by atoms with van der Waals surface area (Å²) in [5.41, 5.74) is 2.94. The van der Waals surface area contributed by atoms with E-state index in [1.165, 1.54) is 22.3 Å². The molecule has 8 heteroatoms. The number of carbonyl (C=O) groups excluding carboxylic acids is 3. The molecule has 3 heterocycles. The van der Waals surface area contributed by atoms with Crippen LogP contribution in [-0.4, -0.2) is 45.6 Å². The number of Topliss-reactive ketones (excluding diaryl/α,β-unsaturated/α-hetero) is 1. The van der Waals surface area contributed by atoms with Gasteiger partial charge in [-0.25, -0.2) is 4.98 Å². The summed E-state index contributed by atoms with van der Waals surface area (Å²) in [6.07, 6.45) is 4.69. The first-order valence-electron chi connectivity index (χ1n) is 10.7. The number of hydrogen-bond acceptors (Lipinski definition) is 5. The van der Waals surface area contributed by atoms with Gasteiger partial charge in [-0.05, 0) is 37.5 Å². The molecule has 1 saturated carbocycles. The average molecular weight is 449 g/mol. The number of hydrogen-bond donors (Lipinski definition) is 1. The van der Waals surface area contributed by atoms with E-state index in [1.54, 1.807) is 7.05 Å². The number of nitrogens with one attached hydrogen (secondary N) is 1. The van der Waals surface area contributed by atoms with Crippen molar-refractivity contribution >= 4 is 39.8 Å². The molecule has 5 rings (SSSR count). The summed E-state index contributed by atoms with van der Waals surface area (Å²) >= 11 is 1.42. The molecule has 1 fully saturated rings. The van der Waals surface area contributed by atoms with Crippen molar-refractivity contribution in [3.05, 3.63) is 64.3 Å². The predicted octanol–water partition coefficient (Wildman–Crippen LogP) is 3.29. The predicted molar refractivity (Wildman–Crippen MR) is 123 cm³/mol. The second-order valence-electron chi connectivity index (χ2n) is 8.63. The maximum atomic E-state index is 13.0. The minimum absolute atomic E-state index is 0.0122. The first-order chi connectivity index (χ1) is 15.4. The summed E-state index contributed by atoms with van der Waals surface area (Å²) in [6, 6.07) is 7.60. The van der Waals surface area contributed by atoms with E-state index in [4.69, 9.17) is 0 Å². The lowest BCUT2D eigenvalue weighted by Crippen LogP contribution is -2.55. The van der Waals surface area contributed by atoms with Crippen LogP contribution in [-0.2, 0) is 23.3 Å². The van der Waals surface area contributed by atoms with Crippen molar-refractivity contribution in [2.75, 3.05) is 13.6 Å². The Morgan fingerprint density at radius 3 is 2.88 bits per heavy atom. The second kappa shape index (κ2) is 7.70. The molecule has 0 bridgehead atoms. The molecule has 0 atom stereocenters. The van der Waals surface area contributed by atoms with Crippen LogP contribution >= 0.6 is 11.3 Å². The average Bonchev–Trinajstić information content (AvgIpc) is 3.36. The van der Waals surface area contributed by atoms with Crippen molar-refractivity contribution in [1.29, 1.82) is 0 Å². The molecule has 1 aliphatic heterocycles. The van der Waals surface area contributed by atoms with Gasteiger partial charge in [0.2, 0.25) is 5.91 Å². The van der Waals surface area contributed by atoms with Crippen LogP contribution < -0.4 is 5.32 Å². The SMILES string of the molecule is C=CC(=O)N(C)Cc1csc(CC(=O)c2ccc3cc4n(c3c2)C2(CCC2)CNC4=O)n1. The summed E-state index contributed by atoms with van der Waals surface area (Å²) in [5.74, 6) is -0.235. The standard InChI is InChI=1S/C24H24N4O3S/c1-3-22(30)27(2)12-17-13-32-21(26-17)11-20(29)16-6-5-15-9-19-23(31)25-14-24(7-4-8-24)28(19)18(15)10-16/h3,5-6,9-10,13H,1,4,7-8,11-12,14H2,2H3,(H,25,31). The van der Waals surface area contributed by atoms with Crippen LogP contribution in [0.4, 0.5) is 0 Å². The third kappa shape index (κ3) is 3.35. The van der Waals surface area contributed by atoms with Gasteiger partial charge >= 0.3 is 0 Å². The molecule has 3 aromatic rings. The number of benzene rings is 1. The molecule has 1 spiro atoms. The zero-order chi connectivity index (χ0) is 22.5. The Balaban J connectivity index is 1.39. The molecule has 0 saturated heterocycles. The molecule has 0 radical (unpaired) electrons. The zero-order valence-electron chi connectivity index (χ0n) is 17.9. The lowest BCUT2D eigenvalue weighted by Gasteiger charge is -2.47. The van der Waals surface area contributed by atoms with E-state index in [0.29, 0.717) is 24.3 Å². The smallest absolute Gasteiger partial charge is 0.268 e. The minimum atomic E-state index is -0.169. The zero-order valence-corrected chi connectivity index (χ0v) is 18.7. The highest BCUT2D eigenvalue weighted by molar-refractivity contribution is 7.09. The van der Waals surface area contributed by atoms with Crippen LogP contribution in [0.25, 0.3) is 10.9 Å². The third-order valence-corrected chi connectivity index (χ3v) is 7.45. The summed E-state index contributed by atoms with van der Waals surface area (Å²) in [4.78, 5) is 43.2. The number of fused-ring (bicyclic) bond motifs is 4. The van der Waals surface area contributed by atoms with E-state index in [-0.39, 0.29) is 29.6 Å². The van der Waals surface area contributed by atoms with E-state index in [9.17, 15) is 14.4 Å². The van der Waals surface area contributed by atoms with Crippen LogP contribution in [0.3, 0.4) is 0 Å². The van der Waals surface area contributed by atoms with Gasteiger partial charge in [0.05, 0.1) is 24.2 Å². The van der Waals surface area contributed by atoms with Gasteiger partial charge in [0.15, 0.2) is 5.78 Å². The Morgan fingerprint density at radius 2 is 2.16 bits per heavy atom. The number of nitrogens with zero attached hydrogens (tertiary/aromatic N) is 3. The summed E-state index contributed by atoms with van der Waals surface area (Å²) in [6.45, 7) is 4.51. The first kappa shape index (κ1) is 20.6. The van der Waals surface area contributed by atoms with Gasteiger partial charge in [-0.2, -0.15) is 0 Å². The number of ketones is 1. The largest absolute Gasteiger partial charge is 0.348 e. The molecule has 1 N–H and O–H groups in total. The van der Waals surface area contributed by atoms with Crippen molar-refractivity contribution in [2.45, 2.75) is 37.8 Å². The summed E-state index contributed by atoms with van der Waals surface area (Å²) in [5, 5.41) is 6.60. The highest BCUT2D eigenvalue weighted by Crippen LogP contribution is 2.44. The van der Waals surface area contributed by atoms with Crippen LogP contribution in [0.15, 0.2) is 42.3 Å². The molecule has 2 aromatic heterocycles. The van der Waals surface area contributed by atoms with Gasteiger partial charge in [-0.3, -0.25) is 14.4 Å². The van der Waals surface area contributed by atoms with Crippen LogP contribution in [0.1, 0.15) is 50.8 Å². The Kier molecular flexibility index (Phi) is 4.97. The van der Waals surface area contributed by atoms with Gasteiger partial charge in [-0.15, -0.1) is 11.3 Å². The highest BCUT2D eigenvalue weighted by Gasteiger charge is 2.44. The van der Waals surface area contributed by atoms with E-state index < -0.39 is 0 Å². The van der Waals surface area contributed by atoms with Crippen molar-refractivity contribution in [2.24, 2.45) is 0 Å². The van der Waals surface area contributed by atoms with Crippen molar-refractivity contribution in [3.8, 4) is 0 Å². The lowest BCUT2D eigenvalue weighted by molar-refractivity contribution is -0.125. The maximum absolute atomic E-state index is 13.0. The van der Waals surface area contributed by atoms with Gasteiger partial charge in [0, 0.05) is 35.4 Å². The van der Waals surface area contributed by atoms with Gasteiger partial charge in [0.25, 0.3) is 5.91 Å². The molecule has 2 amide bonds. The quantitative estimate of drug-likeness (QED) is 0.463. The monoisotopic (exact) mass is 448 g/mol. The van der Waals surface area contributed by atoms with Crippen molar-refractivity contribution in [3.63, 3.8) is 0 Å². The topological polar surface area (TPSA) is 84.3 Å². The third-order valence-electron chi connectivity index (χ3n) is 6.56. The molecule has 164 valence electrons. The number of carbonyl (C=O) groups is 3. The molecule has 7 nitrogen and oxygen atoms in total. The van der Waals surface area contributed by atoms with Crippen LogP contribution in [0.2, 0.25) is 0 Å². The number of amides is 2. The Morgan fingerprint density at radius 1 is 1.34 bits per heavy atom.